The van der Waals surface area contributed by atoms with Gasteiger partial charge in [-0.15, -0.1) is 10.2 Å². The lowest BCUT2D eigenvalue weighted by atomic mass is 10.2. The number of carbonyl (C=O) groups is 2. The molecule has 2 amide bonds. The Bertz CT molecular complexity index is 794. The number of benzene rings is 1. The van der Waals surface area contributed by atoms with Gasteiger partial charge in [-0.2, -0.15) is 0 Å². The number of hydrogen-bond acceptors (Lipinski definition) is 7. The fourth-order valence-corrected chi connectivity index (χ4v) is 2.92. The number of fused-ring (bicyclic) bond motifs is 1. The van der Waals surface area contributed by atoms with Gasteiger partial charge in [-0.1, -0.05) is 23.9 Å². The Hall–Kier alpha value is -2.75. The van der Waals surface area contributed by atoms with Gasteiger partial charge in [0.15, 0.2) is 28.6 Å². The molecule has 0 radical (unpaired) electrons. The molecule has 132 valence electrons. The molecule has 1 aromatic heterocycles. The van der Waals surface area contributed by atoms with Gasteiger partial charge in [-0.25, -0.2) is 0 Å². The van der Waals surface area contributed by atoms with E-state index in [9.17, 15) is 9.59 Å². The van der Waals surface area contributed by atoms with Crippen molar-refractivity contribution in [3.05, 3.63) is 30.1 Å². The fraction of sp³-hybridized carbons (Fsp3) is 0.333. The summed E-state index contributed by atoms with van der Waals surface area (Å²) in [4.78, 5) is 22.4. The molecule has 2 heterocycles. The van der Waals surface area contributed by atoms with Crippen LogP contribution in [0.25, 0.3) is 0 Å². The van der Waals surface area contributed by atoms with Crippen LogP contribution in [-0.2, 0) is 16.6 Å². The zero-order valence-corrected chi connectivity index (χ0v) is 14.5. The summed E-state index contributed by atoms with van der Waals surface area (Å²) in [5.74, 6) is 1.39. The van der Waals surface area contributed by atoms with Crippen LogP contribution in [0.2, 0.25) is 0 Å². The second-order valence-electron chi connectivity index (χ2n) is 5.28. The molecular formula is C15H17N5O4S. The number of rotatable bonds is 4. The highest BCUT2D eigenvalue weighted by Gasteiger charge is 2.27. The van der Waals surface area contributed by atoms with Crippen LogP contribution < -0.4 is 20.3 Å². The number of ether oxygens (including phenoxy) is 2. The fourth-order valence-electron chi connectivity index (χ4n) is 2.20. The molecule has 2 N–H and O–H groups in total. The SMILES string of the molecule is CC(=O)NNC(=O)CSc1nnc(C2COc3ccccc3O2)n1C. The molecule has 0 bridgehead atoms. The van der Waals surface area contributed by atoms with Crippen molar-refractivity contribution in [3.8, 4) is 11.5 Å². The number of thioether (sulfide) groups is 1. The summed E-state index contributed by atoms with van der Waals surface area (Å²) in [6.07, 6.45) is -0.380. The number of hydrazine groups is 1. The quantitative estimate of drug-likeness (QED) is 0.604. The summed E-state index contributed by atoms with van der Waals surface area (Å²) in [5.41, 5.74) is 4.52. The van der Waals surface area contributed by atoms with E-state index in [2.05, 4.69) is 21.0 Å². The molecule has 1 aromatic carbocycles. The number of carbonyl (C=O) groups excluding carboxylic acids is 2. The first kappa shape index (κ1) is 17.1. The van der Waals surface area contributed by atoms with E-state index in [0.717, 1.165) is 0 Å². The van der Waals surface area contributed by atoms with E-state index in [1.807, 2.05) is 24.3 Å². The van der Waals surface area contributed by atoms with E-state index in [1.165, 1.54) is 18.7 Å². The third kappa shape index (κ3) is 4.02. The van der Waals surface area contributed by atoms with Crippen LogP contribution in [0.5, 0.6) is 11.5 Å². The second kappa shape index (κ2) is 7.43. The average Bonchev–Trinajstić information content (AvgIpc) is 2.98. The van der Waals surface area contributed by atoms with Crippen molar-refractivity contribution in [1.82, 2.24) is 25.6 Å². The van der Waals surface area contributed by atoms with Crippen LogP contribution in [0.3, 0.4) is 0 Å². The number of nitrogens with one attached hydrogen (secondary N) is 2. The molecule has 25 heavy (non-hydrogen) atoms. The summed E-state index contributed by atoms with van der Waals surface area (Å²) in [7, 11) is 1.80. The number of nitrogens with zero attached hydrogens (tertiary/aromatic N) is 3. The van der Waals surface area contributed by atoms with Crippen LogP contribution in [0, 0.1) is 0 Å². The zero-order valence-electron chi connectivity index (χ0n) is 13.7. The first-order valence-electron chi connectivity index (χ1n) is 7.50. The molecule has 10 heteroatoms. The van der Waals surface area contributed by atoms with E-state index in [0.29, 0.717) is 29.1 Å². The van der Waals surface area contributed by atoms with Gasteiger partial charge in [0.1, 0.15) is 6.61 Å². The molecule has 1 atom stereocenters. The van der Waals surface area contributed by atoms with Crippen molar-refractivity contribution >= 4 is 23.6 Å². The van der Waals surface area contributed by atoms with Crippen LogP contribution in [-0.4, -0.2) is 38.9 Å². The Morgan fingerprint density at radius 2 is 2.04 bits per heavy atom. The lowest BCUT2D eigenvalue weighted by Crippen LogP contribution is -2.41. The molecular weight excluding hydrogens is 346 g/mol. The third-order valence-electron chi connectivity index (χ3n) is 3.38. The highest BCUT2D eigenvalue weighted by Crippen LogP contribution is 2.35. The van der Waals surface area contributed by atoms with Crippen LogP contribution in [0.4, 0.5) is 0 Å². The molecule has 1 aliphatic heterocycles. The van der Waals surface area contributed by atoms with Crippen molar-refractivity contribution in [3.63, 3.8) is 0 Å². The number of amides is 2. The Kier molecular flexibility index (Phi) is 5.08. The van der Waals surface area contributed by atoms with Gasteiger partial charge in [0.05, 0.1) is 5.75 Å². The molecule has 9 nitrogen and oxygen atoms in total. The van der Waals surface area contributed by atoms with Gasteiger partial charge >= 0.3 is 0 Å². The Balaban J connectivity index is 1.62. The minimum absolute atomic E-state index is 0.0944. The molecule has 3 rings (SSSR count). The van der Waals surface area contributed by atoms with Crippen molar-refractivity contribution in [1.29, 1.82) is 0 Å². The van der Waals surface area contributed by atoms with Gasteiger partial charge in [0.25, 0.3) is 0 Å². The smallest absolute Gasteiger partial charge is 0.248 e. The van der Waals surface area contributed by atoms with Gasteiger partial charge in [0.2, 0.25) is 11.8 Å². The van der Waals surface area contributed by atoms with Gasteiger partial charge in [0, 0.05) is 14.0 Å². The van der Waals surface area contributed by atoms with Crippen molar-refractivity contribution in [2.75, 3.05) is 12.4 Å². The molecule has 2 aromatic rings. The first-order valence-corrected chi connectivity index (χ1v) is 8.49. The largest absolute Gasteiger partial charge is 0.485 e. The maximum atomic E-state index is 11.6. The average molecular weight is 363 g/mol. The second-order valence-corrected chi connectivity index (χ2v) is 6.22. The molecule has 0 fully saturated rings. The Morgan fingerprint density at radius 3 is 2.80 bits per heavy atom. The van der Waals surface area contributed by atoms with Crippen molar-refractivity contribution in [2.24, 2.45) is 7.05 Å². The van der Waals surface area contributed by atoms with Gasteiger partial charge in [-0.3, -0.25) is 20.4 Å². The lowest BCUT2D eigenvalue weighted by Gasteiger charge is -2.25. The Morgan fingerprint density at radius 1 is 1.28 bits per heavy atom. The highest BCUT2D eigenvalue weighted by atomic mass is 32.2. The molecule has 1 unspecified atom stereocenters. The standard InChI is InChI=1S/C15H17N5O4S/c1-9(21)16-17-13(22)8-25-15-19-18-14(20(15)2)12-7-23-10-5-3-4-6-11(10)24-12/h3-6,12H,7-8H2,1-2H3,(H,16,21)(H,17,22). The molecule has 0 aliphatic carbocycles. The first-order chi connectivity index (χ1) is 12.0. The summed E-state index contributed by atoms with van der Waals surface area (Å²) in [5, 5.41) is 8.80. The van der Waals surface area contributed by atoms with Crippen LogP contribution in [0.15, 0.2) is 29.4 Å². The minimum atomic E-state index is -0.380. The monoisotopic (exact) mass is 363 g/mol. The lowest BCUT2D eigenvalue weighted by molar-refractivity contribution is -0.126. The predicted octanol–water partition coefficient (Wildman–Crippen LogP) is 0.587. The molecule has 1 aliphatic rings. The van der Waals surface area contributed by atoms with E-state index < -0.39 is 0 Å². The third-order valence-corrected chi connectivity index (χ3v) is 4.40. The summed E-state index contributed by atoms with van der Waals surface area (Å²) in [6.45, 7) is 1.64. The molecule has 0 saturated carbocycles. The summed E-state index contributed by atoms with van der Waals surface area (Å²) >= 11 is 1.21. The number of para-hydroxylation sites is 2. The van der Waals surface area contributed by atoms with E-state index >= 15 is 0 Å². The number of hydrogen-bond donors (Lipinski definition) is 2. The topological polar surface area (TPSA) is 107 Å². The van der Waals surface area contributed by atoms with Crippen LogP contribution in [0.1, 0.15) is 18.9 Å². The maximum Gasteiger partial charge on any atom is 0.248 e. The van der Waals surface area contributed by atoms with Crippen molar-refractivity contribution < 1.29 is 19.1 Å². The van der Waals surface area contributed by atoms with Gasteiger partial charge in [-0.05, 0) is 12.1 Å². The molecule has 0 saturated heterocycles. The Labute approximate surface area is 148 Å². The predicted molar refractivity (Wildman–Crippen MR) is 89.0 cm³/mol. The van der Waals surface area contributed by atoms with E-state index in [1.54, 1.807) is 11.6 Å². The van der Waals surface area contributed by atoms with E-state index in [-0.39, 0.29) is 23.7 Å². The maximum absolute atomic E-state index is 11.6. The van der Waals surface area contributed by atoms with E-state index in [4.69, 9.17) is 9.47 Å². The van der Waals surface area contributed by atoms with Gasteiger partial charge < -0.3 is 14.0 Å². The highest BCUT2D eigenvalue weighted by molar-refractivity contribution is 7.99. The summed E-state index contributed by atoms with van der Waals surface area (Å²) in [6, 6.07) is 7.43. The normalized spacial score (nSPS) is 15.5. The summed E-state index contributed by atoms with van der Waals surface area (Å²) < 4.78 is 13.4. The molecule has 0 spiro atoms. The van der Waals surface area contributed by atoms with Crippen molar-refractivity contribution in [2.45, 2.75) is 18.2 Å². The number of aromatic nitrogens is 3. The zero-order chi connectivity index (χ0) is 17.8. The van der Waals surface area contributed by atoms with Crippen LogP contribution >= 0.6 is 11.8 Å². The minimum Gasteiger partial charge on any atom is -0.485 e.